The fourth-order valence-corrected chi connectivity index (χ4v) is 4.78. The third-order valence-electron chi connectivity index (χ3n) is 6.73. The van der Waals surface area contributed by atoms with E-state index in [0.717, 1.165) is 54.5 Å². The van der Waals surface area contributed by atoms with Crippen molar-refractivity contribution in [3.63, 3.8) is 0 Å². The smallest absolute Gasteiger partial charge is 0.253 e. The molecule has 4 aromatic rings. The average molecular weight is 515 g/mol. The Morgan fingerprint density at radius 2 is 1.65 bits per heavy atom. The normalized spacial score (nSPS) is 14.4. The summed E-state index contributed by atoms with van der Waals surface area (Å²) < 4.78 is 8.48. The lowest BCUT2D eigenvalue weighted by molar-refractivity contribution is 0.0747. The first-order valence-corrected chi connectivity index (χ1v) is 13.1. The summed E-state index contributed by atoms with van der Waals surface area (Å²) in [6.07, 6.45) is 7.36. The molecule has 190 valence electrons. The number of anilines is 1. The molecule has 0 N–H and O–H groups in total. The maximum atomic E-state index is 12.7. The number of nitrogens with zero attached hydrogens (tertiary/aromatic N) is 4. The van der Waals surface area contributed by atoms with E-state index in [-0.39, 0.29) is 12.0 Å². The molecule has 6 nitrogen and oxygen atoms in total. The number of carbonyl (C=O) groups is 1. The zero-order chi connectivity index (χ0) is 25.5. The molecular formula is C30H31ClN4O2. The average Bonchev–Trinajstić information content (AvgIpc) is 3.46. The highest BCUT2D eigenvalue weighted by molar-refractivity contribution is 6.30. The van der Waals surface area contributed by atoms with Crippen LogP contribution in [0.1, 0.15) is 22.3 Å². The van der Waals surface area contributed by atoms with Gasteiger partial charge in [-0.25, -0.2) is 4.98 Å². The molecule has 1 aromatic heterocycles. The number of amides is 1. The highest BCUT2D eigenvalue weighted by Gasteiger charge is 2.22. The summed E-state index contributed by atoms with van der Waals surface area (Å²) in [6.45, 7) is 3.77. The molecule has 0 bridgehead atoms. The third-order valence-corrected chi connectivity index (χ3v) is 6.99. The Labute approximate surface area is 223 Å². The Kier molecular flexibility index (Phi) is 8.06. The third kappa shape index (κ3) is 6.71. The topological polar surface area (TPSA) is 50.6 Å². The number of rotatable bonds is 9. The number of carbonyl (C=O) groups excluding carboxylic acids is 1. The molecule has 37 heavy (non-hydrogen) atoms. The lowest BCUT2D eigenvalue weighted by Crippen LogP contribution is -2.48. The first kappa shape index (κ1) is 24.9. The summed E-state index contributed by atoms with van der Waals surface area (Å²) in [5.41, 5.74) is 3.13. The first-order chi connectivity index (χ1) is 18.1. The molecule has 1 amide bonds. The summed E-state index contributed by atoms with van der Waals surface area (Å²) in [4.78, 5) is 21.2. The van der Waals surface area contributed by atoms with Crippen molar-refractivity contribution in [2.45, 2.75) is 25.5 Å². The molecule has 0 radical (unpaired) electrons. The fraction of sp³-hybridized carbons (Fsp3) is 0.267. The van der Waals surface area contributed by atoms with Gasteiger partial charge in [-0.05, 0) is 66.9 Å². The molecule has 3 aromatic carbocycles. The molecule has 0 aliphatic carbocycles. The van der Waals surface area contributed by atoms with Gasteiger partial charge in [0.2, 0.25) is 0 Å². The maximum Gasteiger partial charge on any atom is 0.253 e. The second-order valence-corrected chi connectivity index (χ2v) is 9.74. The van der Waals surface area contributed by atoms with E-state index in [1.54, 1.807) is 6.20 Å². The number of aromatic nitrogens is 2. The minimum Gasteiger partial charge on any atom is -0.489 e. The van der Waals surface area contributed by atoms with Crippen molar-refractivity contribution in [3.8, 4) is 5.75 Å². The summed E-state index contributed by atoms with van der Waals surface area (Å²) in [5.74, 6) is 0.953. The van der Waals surface area contributed by atoms with E-state index in [2.05, 4.69) is 38.7 Å². The summed E-state index contributed by atoms with van der Waals surface area (Å²) in [7, 11) is 0. The van der Waals surface area contributed by atoms with E-state index in [1.165, 1.54) is 5.56 Å². The van der Waals surface area contributed by atoms with Gasteiger partial charge in [-0.3, -0.25) is 4.79 Å². The number of halogens is 1. The van der Waals surface area contributed by atoms with Gasteiger partial charge in [-0.2, -0.15) is 0 Å². The predicted molar refractivity (Wildman–Crippen MR) is 147 cm³/mol. The first-order valence-electron chi connectivity index (χ1n) is 12.7. The van der Waals surface area contributed by atoms with Crippen LogP contribution in [0.15, 0.2) is 97.6 Å². The van der Waals surface area contributed by atoms with Gasteiger partial charge < -0.3 is 19.1 Å². The molecule has 7 heteroatoms. The van der Waals surface area contributed by atoms with Gasteiger partial charge >= 0.3 is 0 Å². The predicted octanol–water partition coefficient (Wildman–Crippen LogP) is 5.58. The number of hydrogen-bond acceptors (Lipinski definition) is 4. The zero-order valence-corrected chi connectivity index (χ0v) is 21.5. The minimum atomic E-state index is 0.00303. The van der Waals surface area contributed by atoms with Crippen LogP contribution in [0.2, 0.25) is 5.02 Å². The molecule has 0 saturated carbocycles. The molecule has 0 spiro atoms. The van der Waals surface area contributed by atoms with Crippen LogP contribution >= 0.6 is 11.6 Å². The SMILES string of the molecule is O=C(c1ccccc1)N1CCN(c2ccc(OC(CCc3ccc(Cl)cc3)Cn3ccnc3)cc2)CC1. The highest BCUT2D eigenvalue weighted by atomic mass is 35.5. The molecule has 5 rings (SSSR count). The van der Waals surface area contributed by atoms with Crippen molar-refractivity contribution in [3.05, 3.63) is 114 Å². The molecule has 1 aliphatic rings. The van der Waals surface area contributed by atoms with Crippen molar-refractivity contribution in [1.82, 2.24) is 14.5 Å². The Balaban J connectivity index is 1.17. The number of imidazole rings is 1. The second-order valence-electron chi connectivity index (χ2n) is 9.30. The van der Waals surface area contributed by atoms with E-state index < -0.39 is 0 Å². The van der Waals surface area contributed by atoms with Gasteiger partial charge in [-0.15, -0.1) is 0 Å². The number of hydrogen-bond donors (Lipinski definition) is 0. The molecule has 1 atom stereocenters. The number of piperazine rings is 1. The number of aryl methyl sites for hydroxylation is 1. The Bertz CT molecular complexity index is 1250. The van der Waals surface area contributed by atoms with Gasteiger partial charge in [0.05, 0.1) is 12.9 Å². The molecular weight excluding hydrogens is 484 g/mol. The quantitative estimate of drug-likeness (QED) is 0.292. The van der Waals surface area contributed by atoms with Crippen LogP contribution in [0.5, 0.6) is 5.75 Å². The van der Waals surface area contributed by atoms with Gasteiger partial charge in [-0.1, -0.05) is 41.9 Å². The van der Waals surface area contributed by atoms with Crippen LogP contribution in [0.3, 0.4) is 0 Å². The van der Waals surface area contributed by atoms with Crippen molar-refractivity contribution in [2.75, 3.05) is 31.1 Å². The lowest BCUT2D eigenvalue weighted by atomic mass is 10.1. The van der Waals surface area contributed by atoms with Gasteiger partial charge in [0.1, 0.15) is 11.9 Å². The molecule has 1 fully saturated rings. The summed E-state index contributed by atoms with van der Waals surface area (Å²) >= 11 is 6.04. The summed E-state index contributed by atoms with van der Waals surface area (Å²) in [5, 5.41) is 0.749. The van der Waals surface area contributed by atoms with E-state index in [0.29, 0.717) is 13.1 Å². The van der Waals surface area contributed by atoms with Crippen LogP contribution in [-0.2, 0) is 13.0 Å². The zero-order valence-electron chi connectivity index (χ0n) is 20.7. The van der Waals surface area contributed by atoms with E-state index in [9.17, 15) is 4.79 Å². The van der Waals surface area contributed by atoms with Crippen molar-refractivity contribution < 1.29 is 9.53 Å². The highest BCUT2D eigenvalue weighted by Crippen LogP contribution is 2.23. The Hall–Kier alpha value is -3.77. The monoisotopic (exact) mass is 514 g/mol. The Morgan fingerprint density at radius 3 is 2.32 bits per heavy atom. The second kappa shape index (κ2) is 12.0. The van der Waals surface area contributed by atoms with Crippen LogP contribution in [-0.4, -0.2) is 52.6 Å². The minimum absolute atomic E-state index is 0.00303. The number of ether oxygens (including phenoxy) is 1. The van der Waals surface area contributed by atoms with Gasteiger partial charge in [0.15, 0.2) is 0 Å². The maximum absolute atomic E-state index is 12.7. The van der Waals surface area contributed by atoms with Crippen LogP contribution in [0, 0.1) is 0 Å². The van der Waals surface area contributed by atoms with Crippen molar-refractivity contribution >= 4 is 23.2 Å². The molecule has 2 heterocycles. The lowest BCUT2D eigenvalue weighted by Gasteiger charge is -2.36. The summed E-state index contributed by atoms with van der Waals surface area (Å²) in [6, 6.07) is 25.8. The van der Waals surface area contributed by atoms with Crippen LogP contribution < -0.4 is 9.64 Å². The number of benzene rings is 3. The molecule has 1 saturated heterocycles. The fourth-order valence-electron chi connectivity index (χ4n) is 4.66. The van der Waals surface area contributed by atoms with Crippen molar-refractivity contribution in [1.29, 1.82) is 0 Å². The van der Waals surface area contributed by atoms with Crippen LogP contribution in [0.25, 0.3) is 0 Å². The Morgan fingerprint density at radius 1 is 0.919 bits per heavy atom. The van der Waals surface area contributed by atoms with E-state index >= 15 is 0 Å². The van der Waals surface area contributed by atoms with Gasteiger partial charge in [0, 0.05) is 54.8 Å². The standard InChI is InChI=1S/C30H31ClN4O2/c31-26-9-6-24(7-10-26)8-13-29(22-33-17-16-32-23-33)37-28-14-11-27(12-15-28)34-18-20-35(21-19-34)30(36)25-4-2-1-3-5-25/h1-7,9-12,14-17,23,29H,8,13,18-22H2. The van der Waals surface area contributed by atoms with Gasteiger partial charge in [0.25, 0.3) is 5.91 Å². The molecule has 1 unspecified atom stereocenters. The largest absolute Gasteiger partial charge is 0.489 e. The van der Waals surface area contributed by atoms with Crippen LogP contribution in [0.4, 0.5) is 5.69 Å². The van der Waals surface area contributed by atoms with E-state index in [1.807, 2.05) is 72.0 Å². The van der Waals surface area contributed by atoms with E-state index in [4.69, 9.17) is 16.3 Å². The van der Waals surface area contributed by atoms with Crippen molar-refractivity contribution in [2.24, 2.45) is 0 Å². The molecule has 1 aliphatic heterocycles.